The van der Waals surface area contributed by atoms with E-state index in [1.165, 1.54) is 6.20 Å². The Labute approximate surface area is 88.8 Å². The number of hydrogen-bond acceptors (Lipinski definition) is 6. The number of aryl methyl sites for hydroxylation is 1. The van der Waals surface area contributed by atoms with Crippen molar-refractivity contribution in [3.05, 3.63) is 27.2 Å². The van der Waals surface area contributed by atoms with E-state index in [1.807, 2.05) is 12.3 Å². The molecule has 14 heavy (non-hydrogen) atoms. The minimum atomic E-state index is 0.0327. The van der Waals surface area contributed by atoms with Crippen LogP contribution >= 0.6 is 22.9 Å². The van der Waals surface area contributed by atoms with Crippen LogP contribution in [0.4, 0.5) is 0 Å². The summed E-state index contributed by atoms with van der Waals surface area (Å²) in [6.45, 7) is 1.92. The van der Waals surface area contributed by atoms with Gasteiger partial charge in [-0.05, 0) is 18.5 Å². The lowest BCUT2D eigenvalue weighted by molar-refractivity contribution is 0.0996. The van der Waals surface area contributed by atoms with Crippen LogP contribution in [0, 0.1) is 6.92 Å². The molecule has 0 aliphatic carbocycles. The van der Waals surface area contributed by atoms with Gasteiger partial charge in [0.1, 0.15) is 4.88 Å². The summed E-state index contributed by atoms with van der Waals surface area (Å²) in [6.07, 6.45) is 1.83. The van der Waals surface area contributed by atoms with Crippen LogP contribution in [-0.4, -0.2) is 20.4 Å². The van der Waals surface area contributed by atoms with Gasteiger partial charge in [-0.1, -0.05) is 4.49 Å². The zero-order valence-corrected chi connectivity index (χ0v) is 9.06. The molecule has 0 aliphatic heterocycles. The third-order valence-corrected chi connectivity index (χ3v) is 3.17. The lowest BCUT2D eigenvalue weighted by Gasteiger charge is -1.91. The molecule has 2 heterocycles. The molecule has 0 radical (unpaired) electrons. The van der Waals surface area contributed by atoms with Gasteiger partial charge >= 0.3 is 0 Å². The summed E-state index contributed by atoms with van der Waals surface area (Å²) < 4.78 is 3.64. The Morgan fingerprint density at radius 3 is 3.00 bits per heavy atom. The molecule has 2 rings (SSSR count). The summed E-state index contributed by atoms with van der Waals surface area (Å²) in [5, 5.41) is 6.51. The van der Waals surface area contributed by atoms with Crippen LogP contribution in [-0.2, 0) is 6.42 Å². The summed E-state index contributed by atoms with van der Waals surface area (Å²) in [5.74, 6) is 0.0327. The first-order valence-electron chi connectivity index (χ1n) is 3.97. The third kappa shape index (κ3) is 2.02. The number of carbonyl (C=O) groups is 1. The van der Waals surface area contributed by atoms with E-state index in [9.17, 15) is 4.79 Å². The number of thiazole rings is 1. The Bertz CT molecular complexity index is 435. The van der Waals surface area contributed by atoms with Gasteiger partial charge in [0.15, 0.2) is 5.78 Å². The Hall–Kier alpha value is -1.14. The third-order valence-electron chi connectivity index (χ3n) is 1.64. The molecule has 0 N–H and O–H groups in total. The maximum Gasteiger partial charge on any atom is 0.182 e. The maximum absolute atomic E-state index is 11.6. The van der Waals surface area contributed by atoms with E-state index in [0.717, 1.165) is 22.2 Å². The molecule has 6 heteroatoms. The Balaban J connectivity index is 2.09. The minimum Gasteiger partial charge on any atom is -0.293 e. The van der Waals surface area contributed by atoms with Gasteiger partial charge in [-0.15, -0.1) is 16.4 Å². The minimum absolute atomic E-state index is 0.0327. The highest BCUT2D eigenvalue weighted by Crippen LogP contribution is 2.12. The van der Waals surface area contributed by atoms with Crippen molar-refractivity contribution in [1.82, 2.24) is 14.6 Å². The average molecular weight is 225 g/mol. The zero-order valence-electron chi connectivity index (χ0n) is 7.43. The van der Waals surface area contributed by atoms with Gasteiger partial charge in [0.2, 0.25) is 0 Å². The van der Waals surface area contributed by atoms with Crippen molar-refractivity contribution in [1.29, 1.82) is 0 Å². The lowest BCUT2D eigenvalue weighted by atomic mass is 10.2. The van der Waals surface area contributed by atoms with Crippen molar-refractivity contribution in [3.63, 3.8) is 0 Å². The van der Waals surface area contributed by atoms with Crippen LogP contribution in [0.1, 0.15) is 20.4 Å². The summed E-state index contributed by atoms with van der Waals surface area (Å²) >= 11 is 2.67. The fourth-order valence-corrected chi connectivity index (χ4v) is 2.09. The van der Waals surface area contributed by atoms with E-state index in [1.54, 1.807) is 11.3 Å². The van der Waals surface area contributed by atoms with Gasteiger partial charge in [0.25, 0.3) is 0 Å². The smallest absolute Gasteiger partial charge is 0.182 e. The number of nitrogens with zero attached hydrogens (tertiary/aromatic N) is 3. The number of carbonyl (C=O) groups excluding carboxylic acids is 1. The summed E-state index contributed by atoms with van der Waals surface area (Å²) in [6, 6.07) is 0. The Morgan fingerprint density at radius 1 is 1.57 bits per heavy atom. The monoisotopic (exact) mass is 225 g/mol. The number of hydrogen-bond donors (Lipinski definition) is 0. The van der Waals surface area contributed by atoms with Gasteiger partial charge in [-0.25, -0.2) is 4.98 Å². The molecule has 2 aromatic rings. The second-order valence-electron chi connectivity index (χ2n) is 2.74. The van der Waals surface area contributed by atoms with Crippen molar-refractivity contribution in [2.75, 3.05) is 0 Å². The second-order valence-corrected chi connectivity index (χ2v) is 4.59. The Kier molecular flexibility index (Phi) is 2.64. The first-order chi connectivity index (χ1) is 6.75. The highest BCUT2D eigenvalue weighted by molar-refractivity contribution is 7.09. The van der Waals surface area contributed by atoms with Crippen LogP contribution < -0.4 is 0 Å². The van der Waals surface area contributed by atoms with Crippen LogP contribution in [0.5, 0.6) is 0 Å². The molecule has 0 saturated heterocycles. The Morgan fingerprint density at radius 2 is 2.43 bits per heavy atom. The van der Waals surface area contributed by atoms with Crippen LogP contribution in [0.2, 0.25) is 0 Å². The molecule has 0 atom stereocenters. The lowest BCUT2D eigenvalue weighted by Crippen LogP contribution is -2.01. The van der Waals surface area contributed by atoms with Gasteiger partial charge in [0.05, 0.1) is 23.3 Å². The molecular weight excluding hydrogens is 218 g/mol. The normalized spacial score (nSPS) is 10.4. The van der Waals surface area contributed by atoms with E-state index in [2.05, 4.69) is 14.6 Å². The standard InChI is InChI=1S/C8H7N3OS2/c1-5-10-6(4-13-5)2-7(12)8-3-9-11-14-8/h3-4H,2H2,1H3. The van der Waals surface area contributed by atoms with Crippen molar-refractivity contribution in [2.24, 2.45) is 0 Å². The zero-order chi connectivity index (χ0) is 9.97. The fraction of sp³-hybridized carbons (Fsp3) is 0.250. The van der Waals surface area contributed by atoms with Crippen molar-refractivity contribution in [2.45, 2.75) is 13.3 Å². The predicted molar refractivity (Wildman–Crippen MR) is 54.8 cm³/mol. The van der Waals surface area contributed by atoms with E-state index >= 15 is 0 Å². The first-order valence-corrected chi connectivity index (χ1v) is 5.62. The molecular formula is C8H7N3OS2. The summed E-state index contributed by atoms with van der Waals surface area (Å²) in [5.41, 5.74) is 0.825. The summed E-state index contributed by atoms with van der Waals surface area (Å²) in [7, 11) is 0. The first kappa shape index (κ1) is 9.42. The molecule has 0 amide bonds. The second kappa shape index (κ2) is 3.93. The molecule has 4 nitrogen and oxygen atoms in total. The van der Waals surface area contributed by atoms with E-state index in [0.29, 0.717) is 11.3 Å². The summed E-state index contributed by atoms with van der Waals surface area (Å²) in [4.78, 5) is 16.4. The molecule has 0 bridgehead atoms. The fourth-order valence-electron chi connectivity index (χ4n) is 1.03. The van der Waals surface area contributed by atoms with Crippen molar-refractivity contribution >= 4 is 28.7 Å². The van der Waals surface area contributed by atoms with Crippen LogP contribution in [0.15, 0.2) is 11.6 Å². The van der Waals surface area contributed by atoms with Gasteiger partial charge in [-0.3, -0.25) is 4.79 Å². The van der Waals surface area contributed by atoms with Gasteiger partial charge in [-0.2, -0.15) is 0 Å². The predicted octanol–water partition coefficient (Wildman–Crippen LogP) is 1.73. The quantitative estimate of drug-likeness (QED) is 0.746. The molecule has 0 aromatic carbocycles. The van der Waals surface area contributed by atoms with Crippen LogP contribution in [0.3, 0.4) is 0 Å². The molecule has 0 fully saturated rings. The highest BCUT2D eigenvalue weighted by Gasteiger charge is 2.11. The number of ketones is 1. The number of aromatic nitrogens is 3. The SMILES string of the molecule is Cc1nc(CC(=O)c2cnns2)cs1. The molecule has 0 unspecified atom stereocenters. The average Bonchev–Trinajstić information content (AvgIpc) is 2.75. The topological polar surface area (TPSA) is 55.7 Å². The van der Waals surface area contributed by atoms with Gasteiger partial charge in [0, 0.05) is 5.38 Å². The molecule has 0 aliphatic rings. The van der Waals surface area contributed by atoms with Crippen LogP contribution in [0.25, 0.3) is 0 Å². The maximum atomic E-state index is 11.6. The van der Waals surface area contributed by atoms with Gasteiger partial charge < -0.3 is 0 Å². The highest BCUT2D eigenvalue weighted by atomic mass is 32.1. The molecule has 2 aromatic heterocycles. The van der Waals surface area contributed by atoms with Crippen molar-refractivity contribution in [3.8, 4) is 0 Å². The molecule has 0 spiro atoms. The number of rotatable bonds is 3. The van der Waals surface area contributed by atoms with Crippen molar-refractivity contribution < 1.29 is 4.79 Å². The number of Topliss-reactive ketones (excluding diaryl/α,β-unsaturated/α-hetero) is 1. The van der Waals surface area contributed by atoms with E-state index in [4.69, 9.17) is 0 Å². The van der Waals surface area contributed by atoms with E-state index < -0.39 is 0 Å². The molecule has 0 saturated carbocycles. The molecule has 72 valence electrons. The van der Waals surface area contributed by atoms with E-state index in [-0.39, 0.29) is 5.78 Å². The largest absolute Gasteiger partial charge is 0.293 e.